The number of rotatable bonds is 10. The second-order valence-electron chi connectivity index (χ2n) is 13.2. The first-order valence-corrected chi connectivity index (χ1v) is 16.2. The number of hydrogen-bond acceptors (Lipinski definition) is 8. The third-order valence-electron chi connectivity index (χ3n) is 10.1. The summed E-state index contributed by atoms with van der Waals surface area (Å²) in [4.78, 5) is 22.8. The Bertz CT molecular complexity index is 1450. The van der Waals surface area contributed by atoms with Crippen LogP contribution in [-0.2, 0) is 4.74 Å². The van der Waals surface area contributed by atoms with E-state index >= 15 is 0 Å². The molecule has 6 heterocycles. The summed E-state index contributed by atoms with van der Waals surface area (Å²) in [5.41, 5.74) is 0.245. The second kappa shape index (κ2) is 12.7. The summed E-state index contributed by atoms with van der Waals surface area (Å²) in [5, 5.41) is 14.7. The average molecular weight is 612 g/mol. The molecule has 1 aliphatic carbocycles. The van der Waals surface area contributed by atoms with E-state index in [2.05, 4.69) is 37.7 Å². The molecule has 44 heavy (non-hydrogen) atoms. The fourth-order valence-electron chi connectivity index (χ4n) is 7.60. The number of hydrogen-bond donors (Lipinski definition) is 2. The van der Waals surface area contributed by atoms with Gasteiger partial charge in [-0.3, -0.25) is 9.48 Å². The van der Waals surface area contributed by atoms with Crippen molar-refractivity contribution < 1.29 is 18.3 Å². The van der Waals surface area contributed by atoms with Crippen LogP contribution in [0.25, 0.3) is 5.65 Å². The largest absolute Gasteiger partial charge is 0.374 e. The Morgan fingerprint density at radius 3 is 2.70 bits per heavy atom. The van der Waals surface area contributed by atoms with Gasteiger partial charge in [0.1, 0.15) is 11.4 Å². The average Bonchev–Trinajstić information content (AvgIpc) is 3.84. The minimum Gasteiger partial charge on any atom is -0.374 e. The molecule has 11 nitrogen and oxygen atoms in total. The van der Waals surface area contributed by atoms with E-state index in [9.17, 15) is 13.6 Å². The van der Waals surface area contributed by atoms with Gasteiger partial charge in [-0.15, -0.1) is 0 Å². The fourth-order valence-corrected chi connectivity index (χ4v) is 7.60. The van der Waals surface area contributed by atoms with Crippen LogP contribution in [-0.4, -0.2) is 93.7 Å². The van der Waals surface area contributed by atoms with Crippen LogP contribution in [0.4, 0.5) is 20.3 Å². The van der Waals surface area contributed by atoms with E-state index in [0.29, 0.717) is 18.2 Å². The van der Waals surface area contributed by atoms with Crippen molar-refractivity contribution in [3.8, 4) is 0 Å². The molecule has 0 spiro atoms. The van der Waals surface area contributed by atoms with Gasteiger partial charge >= 0.3 is 0 Å². The van der Waals surface area contributed by atoms with Gasteiger partial charge in [-0.1, -0.05) is 0 Å². The molecule has 2 N–H and O–H groups in total. The van der Waals surface area contributed by atoms with E-state index in [1.165, 1.54) is 30.0 Å². The number of morpholine rings is 1. The van der Waals surface area contributed by atoms with Gasteiger partial charge in [0, 0.05) is 25.5 Å². The molecule has 3 aromatic rings. The Morgan fingerprint density at radius 2 is 1.98 bits per heavy atom. The highest BCUT2D eigenvalue weighted by atomic mass is 19.3. The highest BCUT2D eigenvalue weighted by Gasteiger charge is 2.40. The summed E-state index contributed by atoms with van der Waals surface area (Å²) >= 11 is 0. The van der Waals surface area contributed by atoms with Gasteiger partial charge in [0.15, 0.2) is 11.3 Å². The second-order valence-corrected chi connectivity index (χ2v) is 13.2. The van der Waals surface area contributed by atoms with E-state index in [1.54, 1.807) is 17.1 Å². The van der Waals surface area contributed by atoms with E-state index < -0.39 is 18.0 Å². The molecule has 4 fully saturated rings. The molecular weight excluding hydrogens is 568 g/mol. The van der Waals surface area contributed by atoms with Crippen LogP contribution in [0.1, 0.15) is 79.9 Å². The van der Waals surface area contributed by atoms with Crippen molar-refractivity contribution in [2.45, 2.75) is 76.0 Å². The molecule has 1 amide bonds. The SMILES string of the molecule is CN(CCC1CCC(n2cc(NC(=O)c3cnn4ccc(N5C[C@H]6C[C@@H]5CO6)nc34)c(C(F)F)n2)CC1)CC1CCNCC1. The van der Waals surface area contributed by atoms with Gasteiger partial charge in [0.05, 0.1) is 36.7 Å². The number of carbonyl (C=O) groups excluding carboxylic acids is 1. The smallest absolute Gasteiger partial charge is 0.284 e. The lowest BCUT2D eigenvalue weighted by Gasteiger charge is -2.31. The maximum absolute atomic E-state index is 14.1. The molecule has 0 radical (unpaired) electrons. The van der Waals surface area contributed by atoms with E-state index in [0.717, 1.165) is 76.6 Å². The molecule has 0 unspecified atom stereocenters. The van der Waals surface area contributed by atoms with Crippen molar-refractivity contribution in [1.82, 2.24) is 34.6 Å². The molecular formula is C31H43F2N9O2. The quantitative estimate of drug-likeness (QED) is 0.353. The van der Waals surface area contributed by atoms with Gasteiger partial charge in [-0.05, 0) is 96.0 Å². The van der Waals surface area contributed by atoms with E-state index in [4.69, 9.17) is 9.72 Å². The normalized spacial score (nSPS) is 26.0. The minimum absolute atomic E-state index is 0.0381. The number of alkyl halides is 2. The summed E-state index contributed by atoms with van der Waals surface area (Å²) in [7, 11) is 2.23. The summed E-state index contributed by atoms with van der Waals surface area (Å²) in [5.74, 6) is 1.66. The third-order valence-corrected chi connectivity index (χ3v) is 10.1. The van der Waals surface area contributed by atoms with Crippen LogP contribution in [0, 0.1) is 11.8 Å². The molecule has 2 bridgehead atoms. The minimum atomic E-state index is -2.81. The number of aromatic nitrogens is 5. The zero-order valence-electron chi connectivity index (χ0n) is 25.4. The monoisotopic (exact) mass is 611 g/mol. The van der Waals surface area contributed by atoms with Crippen LogP contribution in [0.15, 0.2) is 24.7 Å². The van der Waals surface area contributed by atoms with Gasteiger partial charge in [0.2, 0.25) is 0 Å². The lowest BCUT2D eigenvalue weighted by Crippen LogP contribution is -2.37. The van der Waals surface area contributed by atoms with E-state index in [1.807, 2.05) is 6.07 Å². The molecule has 13 heteroatoms. The third kappa shape index (κ3) is 6.18. The highest BCUT2D eigenvalue weighted by molar-refractivity contribution is 6.08. The van der Waals surface area contributed by atoms with Gasteiger partial charge < -0.3 is 25.2 Å². The summed E-state index contributed by atoms with van der Waals surface area (Å²) in [6, 6.07) is 2.20. The summed E-state index contributed by atoms with van der Waals surface area (Å²) < 4.78 is 37.0. The number of nitrogens with one attached hydrogen (secondary N) is 2. The Hall–Kier alpha value is -3.16. The zero-order chi connectivity index (χ0) is 30.2. The molecule has 238 valence electrons. The summed E-state index contributed by atoms with van der Waals surface area (Å²) in [6.07, 6.45) is 10.7. The maximum Gasteiger partial charge on any atom is 0.284 e. The van der Waals surface area contributed by atoms with Crippen LogP contribution >= 0.6 is 0 Å². The number of piperidine rings is 1. The van der Waals surface area contributed by atoms with Gasteiger partial charge in [-0.25, -0.2) is 18.3 Å². The summed E-state index contributed by atoms with van der Waals surface area (Å²) in [6.45, 7) is 5.95. The van der Waals surface area contributed by atoms with Gasteiger partial charge in [-0.2, -0.15) is 10.2 Å². The number of halogens is 2. The lowest BCUT2D eigenvalue weighted by atomic mass is 9.84. The predicted octanol–water partition coefficient (Wildman–Crippen LogP) is 4.15. The van der Waals surface area contributed by atoms with Crippen molar-refractivity contribution in [2.75, 3.05) is 56.6 Å². The molecule has 1 saturated carbocycles. The fraction of sp³-hybridized carbons (Fsp3) is 0.677. The molecule has 3 aliphatic heterocycles. The number of amides is 1. The first-order valence-electron chi connectivity index (χ1n) is 16.2. The molecule has 7 rings (SSSR count). The Morgan fingerprint density at radius 1 is 1.16 bits per heavy atom. The molecule has 3 saturated heterocycles. The topological polar surface area (TPSA) is 105 Å². The molecule has 3 aromatic heterocycles. The predicted molar refractivity (Wildman–Crippen MR) is 162 cm³/mol. The van der Waals surface area contributed by atoms with Crippen molar-refractivity contribution in [3.63, 3.8) is 0 Å². The van der Waals surface area contributed by atoms with Crippen molar-refractivity contribution in [3.05, 3.63) is 35.9 Å². The van der Waals surface area contributed by atoms with Crippen LogP contribution in [0.5, 0.6) is 0 Å². The molecule has 0 aromatic carbocycles. The first kappa shape index (κ1) is 29.5. The highest BCUT2D eigenvalue weighted by Crippen LogP contribution is 2.36. The lowest BCUT2D eigenvalue weighted by molar-refractivity contribution is 0.0988. The standard InChI is InChI=1S/C31H43F2N9O2/c1-39(16-21-6-10-34-11-7-21)12-8-20-2-4-22(5-3-20)42-18-26(28(38-42)29(32)33)36-31(43)25-15-35-41-13-9-27(37-30(25)41)40-17-24-14-23(40)19-44-24/h9,13,15,18,20-24,29,34H,2-8,10-12,14,16-17,19H2,1H3,(H,36,43)/t20?,22?,23-,24-/m1/s1. The number of nitrogens with zero attached hydrogens (tertiary/aromatic N) is 7. The van der Waals surface area contributed by atoms with Gasteiger partial charge in [0.25, 0.3) is 12.3 Å². The molecule has 2 atom stereocenters. The van der Waals surface area contributed by atoms with Crippen molar-refractivity contribution in [1.29, 1.82) is 0 Å². The number of carbonyl (C=O) groups is 1. The van der Waals surface area contributed by atoms with Crippen molar-refractivity contribution >= 4 is 23.1 Å². The Balaban J connectivity index is 0.974. The van der Waals surface area contributed by atoms with Crippen LogP contribution in [0.2, 0.25) is 0 Å². The number of anilines is 2. The van der Waals surface area contributed by atoms with E-state index in [-0.39, 0.29) is 29.4 Å². The Labute approximate surface area is 256 Å². The number of fused-ring (bicyclic) bond motifs is 3. The molecule has 4 aliphatic rings. The van der Waals surface area contributed by atoms with Crippen LogP contribution < -0.4 is 15.5 Å². The number of ether oxygens (including phenoxy) is 1. The maximum atomic E-state index is 14.1. The Kier molecular flexibility index (Phi) is 8.52. The van der Waals surface area contributed by atoms with Crippen LogP contribution in [0.3, 0.4) is 0 Å². The van der Waals surface area contributed by atoms with Crippen molar-refractivity contribution in [2.24, 2.45) is 11.8 Å². The first-order chi connectivity index (χ1) is 21.4. The zero-order valence-corrected chi connectivity index (χ0v) is 25.4.